The van der Waals surface area contributed by atoms with Crippen LogP contribution in [0.25, 0.3) is 0 Å². The van der Waals surface area contributed by atoms with Crippen molar-refractivity contribution in [2.45, 2.75) is 19.4 Å². The van der Waals surface area contributed by atoms with E-state index < -0.39 is 0 Å². The molecule has 0 bridgehead atoms. The molecule has 0 radical (unpaired) electrons. The third-order valence-electron chi connectivity index (χ3n) is 3.13. The monoisotopic (exact) mass is 225 g/mol. The molecule has 0 spiro atoms. The second-order valence-corrected chi connectivity index (χ2v) is 4.53. The fourth-order valence-corrected chi connectivity index (χ4v) is 2.43. The summed E-state index contributed by atoms with van der Waals surface area (Å²) in [5.41, 5.74) is 3.52. The predicted molar refractivity (Wildman–Crippen MR) is 62.3 cm³/mol. The first-order chi connectivity index (χ1) is 7.22. The molecule has 0 amide bonds. The van der Waals surface area contributed by atoms with Gasteiger partial charge in [-0.1, -0.05) is 17.7 Å². The molecular formula is C12H16ClNO. The number of fused-ring (bicyclic) bond motifs is 1. The third kappa shape index (κ3) is 2.17. The normalized spacial score (nSPS) is 17.3. The van der Waals surface area contributed by atoms with Crippen LogP contribution < -0.4 is 0 Å². The highest BCUT2D eigenvalue weighted by molar-refractivity contribution is 6.31. The average Bonchev–Trinajstić information content (AvgIpc) is 2.43. The standard InChI is InChI=1S/C12H16ClNO/c1-14-6-4-10-9(8-15)2-3-12(13)11(10)5-7-14/h2-3,15H,4-8H2,1H3. The number of halogens is 1. The molecule has 0 fully saturated rings. The summed E-state index contributed by atoms with van der Waals surface area (Å²) in [4.78, 5) is 2.30. The summed E-state index contributed by atoms with van der Waals surface area (Å²) in [5, 5.41) is 10.1. The molecule has 3 heteroatoms. The Kier molecular flexibility index (Phi) is 3.29. The SMILES string of the molecule is CN1CCc2c(Cl)ccc(CO)c2CC1. The fourth-order valence-electron chi connectivity index (χ4n) is 2.16. The molecular weight excluding hydrogens is 210 g/mol. The molecule has 82 valence electrons. The van der Waals surface area contributed by atoms with E-state index in [-0.39, 0.29) is 6.61 Å². The van der Waals surface area contributed by atoms with Crippen LogP contribution in [0.4, 0.5) is 0 Å². The van der Waals surface area contributed by atoms with Gasteiger partial charge in [0.15, 0.2) is 0 Å². The maximum absolute atomic E-state index is 9.29. The molecule has 0 aliphatic carbocycles. The van der Waals surface area contributed by atoms with Crippen LogP contribution in [0.1, 0.15) is 16.7 Å². The van der Waals surface area contributed by atoms with Crippen molar-refractivity contribution in [1.29, 1.82) is 0 Å². The van der Waals surface area contributed by atoms with E-state index in [2.05, 4.69) is 11.9 Å². The van der Waals surface area contributed by atoms with Crippen molar-refractivity contribution in [2.75, 3.05) is 20.1 Å². The summed E-state index contributed by atoms with van der Waals surface area (Å²) in [6, 6.07) is 3.84. The molecule has 1 aromatic rings. The largest absolute Gasteiger partial charge is 0.392 e. The Morgan fingerprint density at radius 2 is 1.93 bits per heavy atom. The summed E-state index contributed by atoms with van der Waals surface area (Å²) < 4.78 is 0. The van der Waals surface area contributed by atoms with Crippen molar-refractivity contribution in [1.82, 2.24) is 4.90 Å². The van der Waals surface area contributed by atoms with Crippen LogP contribution in [-0.2, 0) is 19.4 Å². The third-order valence-corrected chi connectivity index (χ3v) is 3.48. The Balaban J connectivity index is 2.44. The summed E-state index contributed by atoms with van der Waals surface area (Å²) >= 11 is 6.19. The van der Waals surface area contributed by atoms with E-state index in [0.717, 1.165) is 36.5 Å². The van der Waals surface area contributed by atoms with Gasteiger partial charge in [-0.3, -0.25) is 0 Å². The number of nitrogens with zero attached hydrogens (tertiary/aromatic N) is 1. The zero-order chi connectivity index (χ0) is 10.8. The molecule has 1 heterocycles. The van der Waals surface area contributed by atoms with Crippen LogP contribution >= 0.6 is 11.6 Å². The van der Waals surface area contributed by atoms with Crippen molar-refractivity contribution < 1.29 is 5.11 Å². The molecule has 0 unspecified atom stereocenters. The second kappa shape index (κ2) is 4.52. The van der Waals surface area contributed by atoms with Gasteiger partial charge in [0, 0.05) is 18.1 Å². The maximum Gasteiger partial charge on any atom is 0.0684 e. The van der Waals surface area contributed by atoms with Crippen molar-refractivity contribution in [3.8, 4) is 0 Å². The number of rotatable bonds is 1. The van der Waals surface area contributed by atoms with Gasteiger partial charge in [0.25, 0.3) is 0 Å². The van der Waals surface area contributed by atoms with E-state index in [1.807, 2.05) is 12.1 Å². The van der Waals surface area contributed by atoms with Gasteiger partial charge in [0.1, 0.15) is 0 Å². The quantitative estimate of drug-likeness (QED) is 0.789. The van der Waals surface area contributed by atoms with Gasteiger partial charge in [-0.2, -0.15) is 0 Å². The molecule has 1 aliphatic rings. The van der Waals surface area contributed by atoms with Crippen LogP contribution in [0.2, 0.25) is 5.02 Å². The molecule has 0 saturated heterocycles. The lowest BCUT2D eigenvalue weighted by Crippen LogP contribution is -2.20. The number of aliphatic hydroxyl groups excluding tert-OH is 1. The number of hydrogen-bond acceptors (Lipinski definition) is 2. The predicted octanol–water partition coefficient (Wildman–Crippen LogP) is 1.86. The van der Waals surface area contributed by atoms with Gasteiger partial charge in [0.05, 0.1) is 6.61 Å². The minimum atomic E-state index is 0.114. The van der Waals surface area contributed by atoms with Gasteiger partial charge < -0.3 is 10.0 Å². The van der Waals surface area contributed by atoms with Gasteiger partial charge in [-0.25, -0.2) is 0 Å². The average molecular weight is 226 g/mol. The molecule has 0 aromatic heterocycles. The maximum atomic E-state index is 9.29. The van der Waals surface area contributed by atoms with Crippen LogP contribution in [0.3, 0.4) is 0 Å². The lowest BCUT2D eigenvalue weighted by atomic mass is 9.97. The number of likely N-dealkylation sites (N-methyl/N-ethyl adjacent to an activating group) is 1. The van der Waals surface area contributed by atoms with Crippen LogP contribution in [0.5, 0.6) is 0 Å². The molecule has 2 rings (SSSR count). The van der Waals surface area contributed by atoms with E-state index in [9.17, 15) is 5.11 Å². The summed E-state index contributed by atoms with van der Waals surface area (Å²) in [6.07, 6.45) is 1.97. The highest BCUT2D eigenvalue weighted by Crippen LogP contribution is 2.27. The molecule has 1 N–H and O–H groups in total. The Labute approximate surface area is 95.5 Å². The van der Waals surface area contributed by atoms with Gasteiger partial charge >= 0.3 is 0 Å². The first-order valence-electron chi connectivity index (χ1n) is 5.31. The Bertz CT molecular complexity index is 365. The van der Waals surface area contributed by atoms with Gasteiger partial charge in [-0.15, -0.1) is 0 Å². The van der Waals surface area contributed by atoms with E-state index >= 15 is 0 Å². The molecule has 0 atom stereocenters. The number of benzene rings is 1. The van der Waals surface area contributed by atoms with E-state index in [1.165, 1.54) is 11.1 Å². The Morgan fingerprint density at radius 1 is 1.27 bits per heavy atom. The lowest BCUT2D eigenvalue weighted by molar-refractivity contribution is 0.280. The van der Waals surface area contributed by atoms with Crippen molar-refractivity contribution >= 4 is 11.6 Å². The van der Waals surface area contributed by atoms with Crippen LogP contribution in [0.15, 0.2) is 12.1 Å². The second-order valence-electron chi connectivity index (χ2n) is 4.13. The van der Waals surface area contributed by atoms with Crippen LogP contribution in [-0.4, -0.2) is 30.1 Å². The molecule has 1 aliphatic heterocycles. The van der Waals surface area contributed by atoms with E-state index in [1.54, 1.807) is 0 Å². The van der Waals surface area contributed by atoms with E-state index in [4.69, 9.17) is 11.6 Å². The minimum Gasteiger partial charge on any atom is -0.392 e. The summed E-state index contributed by atoms with van der Waals surface area (Å²) in [5.74, 6) is 0. The first kappa shape index (κ1) is 10.9. The zero-order valence-corrected chi connectivity index (χ0v) is 9.72. The molecule has 0 saturated carbocycles. The first-order valence-corrected chi connectivity index (χ1v) is 5.68. The highest BCUT2D eigenvalue weighted by Gasteiger charge is 2.16. The number of hydrogen-bond donors (Lipinski definition) is 1. The van der Waals surface area contributed by atoms with Crippen molar-refractivity contribution in [2.24, 2.45) is 0 Å². The minimum absolute atomic E-state index is 0.114. The fraction of sp³-hybridized carbons (Fsp3) is 0.500. The van der Waals surface area contributed by atoms with Crippen LogP contribution in [0, 0.1) is 0 Å². The molecule has 1 aromatic carbocycles. The summed E-state index contributed by atoms with van der Waals surface area (Å²) in [6.45, 7) is 2.20. The molecule has 2 nitrogen and oxygen atoms in total. The van der Waals surface area contributed by atoms with E-state index in [0.29, 0.717) is 0 Å². The Hall–Kier alpha value is -0.570. The zero-order valence-electron chi connectivity index (χ0n) is 8.96. The highest BCUT2D eigenvalue weighted by atomic mass is 35.5. The lowest BCUT2D eigenvalue weighted by Gasteiger charge is -2.11. The summed E-state index contributed by atoms with van der Waals surface area (Å²) in [7, 11) is 2.12. The van der Waals surface area contributed by atoms with Gasteiger partial charge in [0.2, 0.25) is 0 Å². The van der Waals surface area contributed by atoms with Crippen molar-refractivity contribution in [3.63, 3.8) is 0 Å². The topological polar surface area (TPSA) is 23.5 Å². The molecule has 15 heavy (non-hydrogen) atoms. The number of aliphatic hydroxyl groups is 1. The Morgan fingerprint density at radius 3 is 2.60 bits per heavy atom. The van der Waals surface area contributed by atoms with Gasteiger partial charge in [-0.05, 0) is 42.6 Å². The van der Waals surface area contributed by atoms with Crippen molar-refractivity contribution in [3.05, 3.63) is 33.8 Å². The smallest absolute Gasteiger partial charge is 0.0684 e.